The maximum Gasteiger partial charge on any atom is 0.291 e. The number of rotatable bonds is 6. The number of benzene rings is 3. The van der Waals surface area contributed by atoms with Crippen LogP contribution in [0.15, 0.2) is 82.3 Å². The van der Waals surface area contributed by atoms with Crippen molar-refractivity contribution in [1.82, 2.24) is 5.43 Å². The number of hydrogen-bond acceptors (Lipinski definition) is 5. The van der Waals surface area contributed by atoms with Crippen LogP contribution in [0.1, 0.15) is 50.6 Å². The molecule has 1 aromatic heterocycles. The van der Waals surface area contributed by atoms with E-state index in [9.17, 15) is 9.59 Å². The lowest BCUT2D eigenvalue weighted by atomic mass is 9.93. The van der Waals surface area contributed by atoms with Gasteiger partial charge >= 0.3 is 0 Å². The Kier molecular flexibility index (Phi) is 7.49. The minimum Gasteiger partial charge on any atom is -0.455 e. The number of nitrogens with one attached hydrogen (secondary N) is 2. The molecule has 2 N–H and O–H groups in total. The van der Waals surface area contributed by atoms with E-state index < -0.39 is 5.91 Å². The third kappa shape index (κ3) is 5.59. The van der Waals surface area contributed by atoms with Gasteiger partial charge in [-0.15, -0.1) is 0 Å². The molecule has 0 fully saturated rings. The highest BCUT2D eigenvalue weighted by Gasteiger charge is 2.28. The Balaban J connectivity index is 1.38. The molecule has 0 saturated heterocycles. The quantitative estimate of drug-likeness (QED) is 0.246. The summed E-state index contributed by atoms with van der Waals surface area (Å²) in [6, 6.07) is 20.9. The molecule has 0 bridgehead atoms. The first-order chi connectivity index (χ1) is 18.4. The molecule has 2 amide bonds. The number of carbonyl (C=O) groups is 2. The lowest BCUT2D eigenvalue weighted by Gasteiger charge is -2.13. The molecule has 9 heteroatoms. The van der Waals surface area contributed by atoms with Crippen LogP contribution in [0.25, 0.3) is 0 Å². The van der Waals surface area contributed by atoms with E-state index in [1.807, 2.05) is 30.3 Å². The summed E-state index contributed by atoms with van der Waals surface area (Å²) in [6.07, 6.45) is 2.06. The zero-order chi connectivity index (χ0) is 26.6. The van der Waals surface area contributed by atoms with Gasteiger partial charge in [0.25, 0.3) is 11.8 Å². The SMILES string of the molecule is Cc1c(C(=O)Nc2cc(Cl)ccc2Oc2ccccc2)oc2c1/C(=N/NC(=O)c1cccc(Cl)c1)CCC2. The van der Waals surface area contributed by atoms with E-state index in [1.54, 1.807) is 49.4 Å². The normalized spacial score (nSPS) is 13.6. The molecule has 0 spiro atoms. The molecule has 4 aromatic rings. The Morgan fingerprint density at radius 1 is 0.921 bits per heavy atom. The van der Waals surface area contributed by atoms with Crippen LogP contribution >= 0.6 is 23.2 Å². The summed E-state index contributed by atoms with van der Waals surface area (Å²) in [6.45, 7) is 1.80. The third-order valence-corrected chi connectivity index (χ3v) is 6.54. The van der Waals surface area contributed by atoms with E-state index in [-0.39, 0.29) is 11.7 Å². The van der Waals surface area contributed by atoms with Crippen LogP contribution < -0.4 is 15.5 Å². The Morgan fingerprint density at radius 2 is 1.71 bits per heavy atom. The number of anilines is 1. The molecule has 0 aliphatic heterocycles. The van der Waals surface area contributed by atoms with Gasteiger partial charge in [-0.25, -0.2) is 5.43 Å². The minimum atomic E-state index is -0.445. The Labute approximate surface area is 229 Å². The molecule has 192 valence electrons. The van der Waals surface area contributed by atoms with E-state index in [0.29, 0.717) is 62.7 Å². The number of fused-ring (bicyclic) bond motifs is 1. The van der Waals surface area contributed by atoms with Crippen LogP contribution in [0.4, 0.5) is 5.69 Å². The van der Waals surface area contributed by atoms with Crippen molar-refractivity contribution in [3.05, 3.63) is 111 Å². The lowest BCUT2D eigenvalue weighted by molar-refractivity contribution is 0.0953. The maximum atomic E-state index is 13.3. The van der Waals surface area contributed by atoms with Gasteiger partial charge in [-0.2, -0.15) is 5.10 Å². The standard InChI is InChI=1S/C29H23Cl2N3O4/c1-17-26-22(33-34-28(35)18-7-5-8-19(30)15-18)11-6-12-25(26)38-27(17)29(36)32-23-16-20(31)13-14-24(23)37-21-9-3-2-4-10-21/h2-5,7-10,13-16H,6,11-12H2,1H3,(H,32,36)(H,34,35)/b33-22+. The molecule has 7 nitrogen and oxygen atoms in total. The summed E-state index contributed by atoms with van der Waals surface area (Å²) in [7, 11) is 0. The highest BCUT2D eigenvalue weighted by Crippen LogP contribution is 2.34. The summed E-state index contributed by atoms with van der Waals surface area (Å²) >= 11 is 12.2. The summed E-state index contributed by atoms with van der Waals surface area (Å²) in [5, 5.41) is 8.14. The predicted molar refractivity (Wildman–Crippen MR) is 148 cm³/mol. The lowest BCUT2D eigenvalue weighted by Crippen LogP contribution is -2.22. The van der Waals surface area contributed by atoms with Crippen molar-refractivity contribution in [2.45, 2.75) is 26.2 Å². The number of amides is 2. The number of halogens is 2. The van der Waals surface area contributed by atoms with E-state index in [2.05, 4.69) is 15.8 Å². The number of carbonyl (C=O) groups excluding carboxylic acids is 2. The van der Waals surface area contributed by atoms with Gasteiger partial charge in [0, 0.05) is 33.2 Å². The van der Waals surface area contributed by atoms with Crippen LogP contribution in [0.3, 0.4) is 0 Å². The molecule has 0 unspecified atom stereocenters. The summed E-state index contributed by atoms with van der Waals surface area (Å²) in [5.74, 6) is 1.06. The van der Waals surface area contributed by atoms with Crippen molar-refractivity contribution in [2.24, 2.45) is 5.10 Å². The van der Waals surface area contributed by atoms with E-state index >= 15 is 0 Å². The van der Waals surface area contributed by atoms with Gasteiger partial charge in [0.2, 0.25) is 0 Å². The zero-order valence-electron chi connectivity index (χ0n) is 20.4. The molecule has 0 radical (unpaired) electrons. The van der Waals surface area contributed by atoms with Gasteiger partial charge in [0.1, 0.15) is 11.5 Å². The second-order valence-corrected chi connectivity index (χ2v) is 9.60. The predicted octanol–water partition coefficient (Wildman–Crippen LogP) is 7.41. The molecule has 0 saturated carbocycles. The first kappa shape index (κ1) is 25.6. The van der Waals surface area contributed by atoms with Crippen molar-refractivity contribution >= 4 is 46.4 Å². The molecule has 5 rings (SSSR count). The fraction of sp³-hybridized carbons (Fsp3) is 0.138. The van der Waals surface area contributed by atoms with Gasteiger partial charge in [0.05, 0.1) is 11.4 Å². The number of furan rings is 1. The molecule has 3 aromatic carbocycles. The first-order valence-electron chi connectivity index (χ1n) is 12.0. The Morgan fingerprint density at radius 3 is 2.50 bits per heavy atom. The fourth-order valence-electron chi connectivity index (χ4n) is 4.29. The summed E-state index contributed by atoms with van der Waals surface area (Å²) < 4.78 is 12.0. The first-order valence-corrected chi connectivity index (χ1v) is 12.7. The molecular formula is C29H23Cl2N3O4. The average Bonchev–Trinajstić information content (AvgIpc) is 3.26. The second kappa shape index (κ2) is 11.1. The Bertz CT molecular complexity index is 1550. The largest absolute Gasteiger partial charge is 0.455 e. The van der Waals surface area contributed by atoms with Crippen LogP contribution in [0.2, 0.25) is 10.0 Å². The molecular weight excluding hydrogens is 525 g/mol. The highest BCUT2D eigenvalue weighted by atomic mass is 35.5. The van der Waals surface area contributed by atoms with E-state index in [0.717, 1.165) is 12.0 Å². The number of ether oxygens (including phenoxy) is 1. The second-order valence-electron chi connectivity index (χ2n) is 8.73. The van der Waals surface area contributed by atoms with Crippen molar-refractivity contribution in [1.29, 1.82) is 0 Å². The number of aryl methyl sites for hydroxylation is 1. The molecule has 0 atom stereocenters. The number of para-hydroxylation sites is 1. The van der Waals surface area contributed by atoms with Gasteiger partial charge in [-0.1, -0.05) is 47.5 Å². The van der Waals surface area contributed by atoms with E-state index in [1.165, 1.54) is 0 Å². The average molecular weight is 548 g/mol. The Hall–Kier alpha value is -4.07. The monoisotopic (exact) mass is 547 g/mol. The van der Waals surface area contributed by atoms with Crippen molar-refractivity contribution in [3.63, 3.8) is 0 Å². The maximum absolute atomic E-state index is 13.3. The van der Waals surface area contributed by atoms with Gasteiger partial charge < -0.3 is 14.5 Å². The molecule has 1 heterocycles. The molecule has 38 heavy (non-hydrogen) atoms. The van der Waals surface area contributed by atoms with Crippen molar-refractivity contribution in [2.75, 3.05) is 5.32 Å². The van der Waals surface area contributed by atoms with Crippen molar-refractivity contribution < 1.29 is 18.7 Å². The van der Waals surface area contributed by atoms with Crippen LogP contribution in [0, 0.1) is 6.92 Å². The molecule has 1 aliphatic carbocycles. The van der Waals surface area contributed by atoms with Gasteiger partial charge in [-0.3, -0.25) is 9.59 Å². The number of nitrogens with zero attached hydrogens (tertiary/aromatic N) is 1. The topological polar surface area (TPSA) is 92.9 Å². The fourth-order valence-corrected chi connectivity index (χ4v) is 4.66. The number of hydrogen-bond donors (Lipinski definition) is 2. The van der Waals surface area contributed by atoms with Gasteiger partial charge in [-0.05, 0) is 68.3 Å². The smallest absolute Gasteiger partial charge is 0.291 e. The third-order valence-electron chi connectivity index (χ3n) is 6.07. The van der Waals surface area contributed by atoms with Crippen LogP contribution in [0.5, 0.6) is 11.5 Å². The van der Waals surface area contributed by atoms with Crippen molar-refractivity contribution in [3.8, 4) is 11.5 Å². The summed E-state index contributed by atoms with van der Waals surface area (Å²) in [4.78, 5) is 25.9. The highest BCUT2D eigenvalue weighted by molar-refractivity contribution is 6.31. The number of hydrazone groups is 1. The molecule has 1 aliphatic rings. The minimum absolute atomic E-state index is 0.163. The van der Waals surface area contributed by atoms with Crippen LogP contribution in [-0.4, -0.2) is 17.5 Å². The zero-order valence-corrected chi connectivity index (χ0v) is 21.9. The van der Waals surface area contributed by atoms with Gasteiger partial charge in [0.15, 0.2) is 11.5 Å². The van der Waals surface area contributed by atoms with Crippen LogP contribution in [-0.2, 0) is 6.42 Å². The van der Waals surface area contributed by atoms with E-state index in [4.69, 9.17) is 32.4 Å². The summed E-state index contributed by atoms with van der Waals surface area (Å²) in [5.41, 5.74) is 5.43.